The second kappa shape index (κ2) is 8.45. The summed E-state index contributed by atoms with van der Waals surface area (Å²) in [7, 11) is 0. The highest BCUT2D eigenvalue weighted by Gasteiger charge is 2.10. The average Bonchev–Trinajstić information content (AvgIpc) is 3.17. The summed E-state index contributed by atoms with van der Waals surface area (Å²) in [6, 6.07) is 22.6. The Labute approximate surface area is 173 Å². The van der Waals surface area contributed by atoms with Gasteiger partial charge >= 0.3 is 0 Å². The maximum absolute atomic E-state index is 12.5. The van der Waals surface area contributed by atoms with Gasteiger partial charge in [-0.3, -0.25) is 9.59 Å². The van der Waals surface area contributed by atoms with Crippen LogP contribution in [-0.2, 0) is 9.59 Å². The summed E-state index contributed by atoms with van der Waals surface area (Å²) in [5, 5.41) is 5.63. The molecule has 2 amide bonds. The molecule has 0 aliphatic rings. The van der Waals surface area contributed by atoms with E-state index in [0.717, 1.165) is 22.2 Å². The SMILES string of the molecule is CC(=O)Nc1ccc(/C=C/C(=O)Nc2ccccc2-c2nc3ccccc3[nH]2)cc1. The van der Waals surface area contributed by atoms with Crippen LogP contribution in [0.4, 0.5) is 11.4 Å². The van der Waals surface area contributed by atoms with Crippen molar-refractivity contribution in [1.29, 1.82) is 0 Å². The molecule has 30 heavy (non-hydrogen) atoms. The van der Waals surface area contributed by atoms with Crippen molar-refractivity contribution in [3.05, 3.63) is 84.4 Å². The molecule has 0 spiro atoms. The van der Waals surface area contributed by atoms with Crippen molar-refractivity contribution in [2.24, 2.45) is 0 Å². The van der Waals surface area contributed by atoms with E-state index in [1.807, 2.05) is 60.7 Å². The minimum absolute atomic E-state index is 0.124. The van der Waals surface area contributed by atoms with Gasteiger partial charge in [-0.2, -0.15) is 0 Å². The second-order valence-electron chi connectivity index (χ2n) is 6.77. The number of hydrogen-bond acceptors (Lipinski definition) is 3. The van der Waals surface area contributed by atoms with Crippen LogP contribution in [0.15, 0.2) is 78.9 Å². The van der Waals surface area contributed by atoms with Gasteiger partial charge in [-0.05, 0) is 48.0 Å². The zero-order valence-electron chi connectivity index (χ0n) is 16.3. The molecule has 0 radical (unpaired) electrons. The number of aromatic nitrogens is 2. The second-order valence-corrected chi connectivity index (χ2v) is 6.77. The standard InChI is InChI=1S/C24H20N4O2/c1-16(29)25-18-13-10-17(11-14-18)12-15-23(30)26-20-7-3-2-6-19(20)24-27-21-8-4-5-9-22(21)28-24/h2-15H,1H3,(H,25,29)(H,26,30)(H,27,28)/b15-12+. The average molecular weight is 396 g/mol. The van der Waals surface area contributed by atoms with Crippen molar-refractivity contribution in [3.63, 3.8) is 0 Å². The molecule has 6 heteroatoms. The fourth-order valence-electron chi connectivity index (χ4n) is 3.11. The first-order chi connectivity index (χ1) is 14.6. The number of nitrogens with zero attached hydrogens (tertiary/aromatic N) is 1. The number of benzene rings is 3. The van der Waals surface area contributed by atoms with Gasteiger partial charge in [-0.15, -0.1) is 0 Å². The number of aromatic amines is 1. The van der Waals surface area contributed by atoms with Gasteiger partial charge in [-0.25, -0.2) is 4.98 Å². The monoisotopic (exact) mass is 396 g/mol. The number of nitrogens with one attached hydrogen (secondary N) is 3. The van der Waals surface area contributed by atoms with Crippen molar-refractivity contribution in [1.82, 2.24) is 9.97 Å². The fourth-order valence-corrected chi connectivity index (χ4v) is 3.11. The number of hydrogen-bond donors (Lipinski definition) is 3. The minimum Gasteiger partial charge on any atom is -0.338 e. The molecule has 0 bridgehead atoms. The van der Waals surface area contributed by atoms with E-state index in [9.17, 15) is 9.59 Å². The Hall–Kier alpha value is -4.19. The number of para-hydroxylation sites is 3. The highest BCUT2D eigenvalue weighted by Crippen LogP contribution is 2.27. The molecule has 0 aliphatic heterocycles. The van der Waals surface area contributed by atoms with Crippen molar-refractivity contribution in [2.45, 2.75) is 6.92 Å². The van der Waals surface area contributed by atoms with Gasteiger partial charge in [0.05, 0.1) is 16.7 Å². The quantitative estimate of drug-likeness (QED) is 0.422. The number of amides is 2. The number of anilines is 2. The molecule has 3 aromatic carbocycles. The highest BCUT2D eigenvalue weighted by molar-refractivity contribution is 6.04. The van der Waals surface area contributed by atoms with Crippen molar-refractivity contribution >= 4 is 40.3 Å². The third-order valence-corrected chi connectivity index (χ3v) is 4.49. The van der Waals surface area contributed by atoms with E-state index in [0.29, 0.717) is 17.2 Å². The molecule has 0 saturated heterocycles. The lowest BCUT2D eigenvalue weighted by molar-refractivity contribution is -0.114. The molecular weight excluding hydrogens is 376 g/mol. The molecular formula is C24H20N4O2. The molecule has 4 aromatic rings. The third-order valence-electron chi connectivity index (χ3n) is 4.49. The molecule has 148 valence electrons. The summed E-state index contributed by atoms with van der Waals surface area (Å²) < 4.78 is 0. The fraction of sp³-hybridized carbons (Fsp3) is 0.0417. The first-order valence-electron chi connectivity index (χ1n) is 9.49. The lowest BCUT2D eigenvalue weighted by Crippen LogP contribution is -2.09. The van der Waals surface area contributed by atoms with Gasteiger partial charge in [0.2, 0.25) is 11.8 Å². The van der Waals surface area contributed by atoms with Crippen LogP contribution in [-0.4, -0.2) is 21.8 Å². The Morgan fingerprint density at radius 2 is 1.63 bits per heavy atom. The predicted octanol–water partition coefficient (Wildman–Crippen LogP) is 4.84. The molecule has 1 aromatic heterocycles. The summed E-state index contributed by atoms with van der Waals surface area (Å²) in [6.45, 7) is 1.46. The van der Waals surface area contributed by atoms with Crippen LogP contribution in [0.3, 0.4) is 0 Å². The number of H-pyrrole nitrogens is 1. The molecule has 4 rings (SSSR count). The maximum atomic E-state index is 12.5. The molecule has 0 aliphatic carbocycles. The van der Waals surface area contributed by atoms with Gasteiger partial charge in [-0.1, -0.05) is 36.4 Å². The number of rotatable bonds is 5. The lowest BCUT2D eigenvalue weighted by Gasteiger charge is -2.07. The van der Waals surface area contributed by atoms with Gasteiger partial charge < -0.3 is 15.6 Å². The summed E-state index contributed by atoms with van der Waals surface area (Å²) in [4.78, 5) is 31.5. The topological polar surface area (TPSA) is 86.9 Å². The maximum Gasteiger partial charge on any atom is 0.248 e. The molecule has 0 saturated carbocycles. The van der Waals surface area contributed by atoms with Crippen LogP contribution < -0.4 is 10.6 Å². The Kier molecular flexibility index (Phi) is 5.39. The molecule has 0 fully saturated rings. The molecule has 3 N–H and O–H groups in total. The van der Waals surface area contributed by atoms with Crippen molar-refractivity contribution in [3.8, 4) is 11.4 Å². The van der Waals surface area contributed by atoms with E-state index in [1.165, 1.54) is 13.0 Å². The van der Waals surface area contributed by atoms with Crippen molar-refractivity contribution in [2.75, 3.05) is 10.6 Å². The zero-order chi connectivity index (χ0) is 20.9. The van der Waals surface area contributed by atoms with Crippen LogP contribution in [0.2, 0.25) is 0 Å². The normalized spacial score (nSPS) is 11.0. The summed E-state index contributed by atoms with van der Waals surface area (Å²) in [6.07, 6.45) is 3.19. The van der Waals surface area contributed by atoms with Gasteiger partial charge in [0, 0.05) is 24.3 Å². The lowest BCUT2D eigenvalue weighted by atomic mass is 10.1. The Balaban J connectivity index is 1.50. The number of carbonyl (C=O) groups excluding carboxylic acids is 2. The first kappa shape index (κ1) is 19.1. The highest BCUT2D eigenvalue weighted by atomic mass is 16.2. The van der Waals surface area contributed by atoms with Crippen LogP contribution >= 0.6 is 0 Å². The van der Waals surface area contributed by atoms with Gasteiger partial charge in [0.1, 0.15) is 5.82 Å². The third kappa shape index (κ3) is 4.44. The molecule has 6 nitrogen and oxygen atoms in total. The van der Waals surface area contributed by atoms with E-state index >= 15 is 0 Å². The Morgan fingerprint density at radius 1 is 0.900 bits per heavy atom. The largest absolute Gasteiger partial charge is 0.338 e. The van der Waals surface area contributed by atoms with E-state index < -0.39 is 0 Å². The van der Waals surface area contributed by atoms with Crippen LogP contribution in [0.1, 0.15) is 12.5 Å². The Bertz CT molecular complexity index is 1210. The number of fused-ring (bicyclic) bond motifs is 1. The minimum atomic E-state index is -0.246. The molecule has 0 unspecified atom stereocenters. The van der Waals surface area contributed by atoms with Gasteiger partial charge in [0.15, 0.2) is 0 Å². The van der Waals surface area contributed by atoms with Crippen molar-refractivity contribution < 1.29 is 9.59 Å². The summed E-state index contributed by atoms with van der Waals surface area (Å²) >= 11 is 0. The van der Waals surface area contributed by atoms with Crippen LogP contribution in [0.5, 0.6) is 0 Å². The van der Waals surface area contributed by atoms with E-state index in [4.69, 9.17) is 0 Å². The molecule has 1 heterocycles. The smallest absolute Gasteiger partial charge is 0.248 e. The van der Waals surface area contributed by atoms with Crippen LogP contribution in [0.25, 0.3) is 28.5 Å². The van der Waals surface area contributed by atoms with E-state index in [2.05, 4.69) is 20.6 Å². The Morgan fingerprint density at radius 3 is 2.40 bits per heavy atom. The first-order valence-corrected chi connectivity index (χ1v) is 9.49. The summed E-state index contributed by atoms with van der Waals surface area (Å²) in [5.74, 6) is 0.329. The van der Waals surface area contributed by atoms with E-state index in [-0.39, 0.29) is 11.8 Å². The van der Waals surface area contributed by atoms with Gasteiger partial charge in [0.25, 0.3) is 0 Å². The number of carbonyl (C=O) groups is 2. The zero-order valence-corrected chi connectivity index (χ0v) is 16.3. The molecule has 0 atom stereocenters. The predicted molar refractivity (Wildman–Crippen MR) is 120 cm³/mol. The van der Waals surface area contributed by atoms with Crippen LogP contribution in [0, 0.1) is 0 Å². The summed E-state index contributed by atoms with van der Waals surface area (Å²) in [5.41, 5.74) is 4.86. The number of imidazole rings is 1. The van der Waals surface area contributed by atoms with E-state index in [1.54, 1.807) is 18.2 Å².